The van der Waals surface area contributed by atoms with Crippen LogP contribution in [-0.2, 0) is 6.42 Å². The van der Waals surface area contributed by atoms with Gasteiger partial charge in [-0.3, -0.25) is 4.79 Å². The van der Waals surface area contributed by atoms with E-state index in [1.165, 1.54) is 11.3 Å². The van der Waals surface area contributed by atoms with E-state index in [1.54, 1.807) is 6.07 Å². The molecule has 0 fully saturated rings. The molecule has 1 aliphatic rings. The summed E-state index contributed by atoms with van der Waals surface area (Å²) in [7, 11) is 0. The van der Waals surface area contributed by atoms with Gasteiger partial charge in [0.15, 0.2) is 0 Å². The van der Waals surface area contributed by atoms with Crippen LogP contribution in [0.3, 0.4) is 0 Å². The second kappa shape index (κ2) is 5.78. The molecule has 4 nitrogen and oxygen atoms in total. The molecule has 0 saturated heterocycles. The van der Waals surface area contributed by atoms with Crippen LogP contribution in [0.25, 0.3) is 22.3 Å². The molecule has 3 aromatic rings. The number of benzene rings is 2. The topological polar surface area (TPSA) is 49.0 Å². The number of para-hydroxylation sites is 1. The summed E-state index contributed by atoms with van der Waals surface area (Å²) in [5.41, 5.74) is 4.27. The third-order valence-electron chi connectivity index (χ3n) is 4.74. The molecule has 0 radical (unpaired) electrons. The van der Waals surface area contributed by atoms with Crippen LogP contribution in [-0.4, -0.2) is 22.6 Å². The smallest absolute Gasteiger partial charge is 0.259 e. The number of H-pyrrole nitrogens is 1. The summed E-state index contributed by atoms with van der Waals surface area (Å²) in [6.45, 7) is 5.56. The molecular weight excluding hydrogens is 298 g/mol. The Bertz CT molecular complexity index is 959. The van der Waals surface area contributed by atoms with Crippen molar-refractivity contribution in [2.24, 2.45) is 0 Å². The van der Waals surface area contributed by atoms with E-state index in [-0.39, 0.29) is 5.56 Å². The Labute approximate surface area is 141 Å². The largest absolute Gasteiger partial charge is 0.369 e. The fourth-order valence-electron chi connectivity index (χ4n) is 3.53. The number of rotatable bonds is 2. The van der Waals surface area contributed by atoms with Gasteiger partial charge in [-0.1, -0.05) is 12.1 Å². The van der Waals surface area contributed by atoms with Crippen molar-refractivity contribution in [1.29, 1.82) is 0 Å². The first kappa shape index (κ1) is 14.9. The lowest BCUT2D eigenvalue weighted by Gasteiger charge is -2.34. The Kier molecular flexibility index (Phi) is 3.60. The Morgan fingerprint density at radius 3 is 2.83 bits per heavy atom. The maximum atomic E-state index is 12.3. The second-order valence-electron chi connectivity index (χ2n) is 6.67. The van der Waals surface area contributed by atoms with E-state index < -0.39 is 0 Å². The number of nitrogens with zero attached hydrogens (tertiary/aromatic N) is 2. The lowest BCUT2D eigenvalue weighted by Crippen LogP contribution is -2.35. The fourth-order valence-corrected chi connectivity index (χ4v) is 3.53. The maximum Gasteiger partial charge on any atom is 0.259 e. The molecule has 24 heavy (non-hydrogen) atoms. The average Bonchev–Trinajstić information content (AvgIpc) is 2.60. The molecule has 0 unspecified atom stereocenters. The molecule has 0 saturated carbocycles. The molecule has 0 atom stereocenters. The van der Waals surface area contributed by atoms with Crippen molar-refractivity contribution < 1.29 is 0 Å². The monoisotopic (exact) mass is 319 g/mol. The van der Waals surface area contributed by atoms with Crippen LogP contribution >= 0.6 is 0 Å². The van der Waals surface area contributed by atoms with Gasteiger partial charge in [-0.05, 0) is 62.6 Å². The number of hydrogen-bond donors (Lipinski definition) is 1. The number of aromatic nitrogens is 2. The van der Waals surface area contributed by atoms with E-state index in [0.717, 1.165) is 30.5 Å². The van der Waals surface area contributed by atoms with Crippen LogP contribution in [0.1, 0.15) is 25.8 Å². The molecule has 2 aromatic carbocycles. The van der Waals surface area contributed by atoms with Gasteiger partial charge < -0.3 is 9.88 Å². The van der Waals surface area contributed by atoms with Gasteiger partial charge in [-0.25, -0.2) is 4.98 Å². The van der Waals surface area contributed by atoms with Gasteiger partial charge in [0.1, 0.15) is 5.82 Å². The highest BCUT2D eigenvalue weighted by Gasteiger charge is 2.19. The SMILES string of the molecule is CC(C)N1CCCc2cc(-c3nc4ccccc4c(=O)[nH]3)ccc21. The van der Waals surface area contributed by atoms with E-state index in [9.17, 15) is 4.79 Å². The Morgan fingerprint density at radius 1 is 1.17 bits per heavy atom. The van der Waals surface area contributed by atoms with Crippen molar-refractivity contribution in [2.75, 3.05) is 11.4 Å². The molecule has 122 valence electrons. The minimum absolute atomic E-state index is 0.0860. The van der Waals surface area contributed by atoms with Crippen LogP contribution in [0.4, 0.5) is 5.69 Å². The van der Waals surface area contributed by atoms with Gasteiger partial charge in [0.05, 0.1) is 10.9 Å². The molecule has 4 rings (SSSR count). The average molecular weight is 319 g/mol. The van der Waals surface area contributed by atoms with Crippen LogP contribution in [0.5, 0.6) is 0 Å². The van der Waals surface area contributed by atoms with Crippen molar-refractivity contribution in [3.05, 3.63) is 58.4 Å². The standard InChI is InChI=1S/C20H21N3O/c1-13(2)23-11-5-6-14-12-15(9-10-18(14)23)19-21-17-8-4-3-7-16(17)20(24)22-19/h3-4,7-10,12-13H,5-6,11H2,1-2H3,(H,21,22,24). The third kappa shape index (κ3) is 2.48. The summed E-state index contributed by atoms with van der Waals surface area (Å²) in [5, 5.41) is 0.630. The van der Waals surface area contributed by atoms with Gasteiger partial charge in [0.25, 0.3) is 5.56 Å². The highest BCUT2D eigenvalue weighted by Crippen LogP contribution is 2.31. The first-order chi connectivity index (χ1) is 11.6. The number of anilines is 1. The zero-order valence-electron chi connectivity index (χ0n) is 14.0. The molecule has 0 bridgehead atoms. The van der Waals surface area contributed by atoms with Crippen LogP contribution < -0.4 is 10.5 Å². The molecule has 0 amide bonds. The predicted molar refractivity (Wildman–Crippen MR) is 98.6 cm³/mol. The summed E-state index contributed by atoms with van der Waals surface area (Å²) >= 11 is 0. The first-order valence-corrected chi connectivity index (χ1v) is 8.52. The fraction of sp³-hybridized carbons (Fsp3) is 0.300. The van der Waals surface area contributed by atoms with E-state index in [0.29, 0.717) is 17.3 Å². The third-order valence-corrected chi connectivity index (χ3v) is 4.74. The quantitative estimate of drug-likeness (QED) is 0.782. The Hall–Kier alpha value is -2.62. The molecule has 1 aromatic heterocycles. The van der Waals surface area contributed by atoms with E-state index in [1.807, 2.05) is 18.2 Å². The molecule has 4 heteroatoms. The highest BCUT2D eigenvalue weighted by atomic mass is 16.1. The van der Waals surface area contributed by atoms with Gasteiger partial charge in [0.2, 0.25) is 0 Å². The van der Waals surface area contributed by atoms with Gasteiger partial charge in [0, 0.05) is 23.8 Å². The summed E-state index contributed by atoms with van der Waals surface area (Å²) in [5.74, 6) is 0.642. The molecule has 2 heterocycles. The maximum absolute atomic E-state index is 12.3. The lowest BCUT2D eigenvalue weighted by atomic mass is 9.98. The predicted octanol–water partition coefficient (Wildman–Crippen LogP) is 3.75. The van der Waals surface area contributed by atoms with Crippen molar-refractivity contribution >= 4 is 16.6 Å². The van der Waals surface area contributed by atoms with E-state index in [4.69, 9.17) is 0 Å². The van der Waals surface area contributed by atoms with Gasteiger partial charge in [-0.15, -0.1) is 0 Å². The first-order valence-electron chi connectivity index (χ1n) is 8.52. The lowest BCUT2D eigenvalue weighted by molar-refractivity contribution is 0.626. The van der Waals surface area contributed by atoms with E-state index >= 15 is 0 Å². The summed E-state index contributed by atoms with van der Waals surface area (Å²) in [6, 6.07) is 14.4. The number of fused-ring (bicyclic) bond motifs is 2. The second-order valence-corrected chi connectivity index (χ2v) is 6.67. The summed E-state index contributed by atoms with van der Waals surface area (Å²) in [4.78, 5) is 22.3. The highest BCUT2D eigenvalue weighted by molar-refractivity contribution is 5.79. The zero-order chi connectivity index (χ0) is 16.7. The van der Waals surface area contributed by atoms with Gasteiger partial charge >= 0.3 is 0 Å². The number of aromatic amines is 1. The van der Waals surface area contributed by atoms with Crippen LogP contribution in [0.15, 0.2) is 47.3 Å². The zero-order valence-corrected chi connectivity index (χ0v) is 14.0. The molecule has 1 aliphatic heterocycles. The minimum atomic E-state index is -0.0860. The molecule has 0 aliphatic carbocycles. The Morgan fingerprint density at radius 2 is 2.00 bits per heavy atom. The minimum Gasteiger partial charge on any atom is -0.369 e. The number of nitrogens with one attached hydrogen (secondary N) is 1. The Balaban J connectivity index is 1.82. The number of aryl methyl sites for hydroxylation is 1. The summed E-state index contributed by atoms with van der Waals surface area (Å²) < 4.78 is 0. The van der Waals surface area contributed by atoms with Crippen LogP contribution in [0.2, 0.25) is 0 Å². The van der Waals surface area contributed by atoms with Crippen LogP contribution in [0, 0.1) is 0 Å². The summed E-state index contributed by atoms with van der Waals surface area (Å²) in [6.07, 6.45) is 2.24. The number of hydrogen-bond acceptors (Lipinski definition) is 3. The van der Waals surface area contributed by atoms with Crippen molar-refractivity contribution in [1.82, 2.24) is 9.97 Å². The normalized spacial score (nSPS) is 14.2. The molecule has 0 spiro atoms. The van der Waals surface area contributed by atoms with Gasteiger partial charge in [-0.2, -0.15) is 0 Å². The van der Waals surface area contributed by atoms with Crippen molar-refractivity contribution in [3.63, 3.8) is 0 Å². The molecule has 1 N–H and O–H groups in total. The van der Waals surface area contributed by atoms with E-state index in [2.05, 4.69) is 46.9 Å². The molecular formula is C20H21N3O. The van der Waals surface area contributed by atoms with Crippen molar-refractivity contribution in [2.45, 2.75) is 32.7 Å². The van der Waals surface area contributed by atoms with Crippen molar-refractivity contribution in [3.8, 4) is 11.4 Å².